The number of benzene rings is 1. The van der Waals surface area contributed by atoms with Crippen LogP contribution in [0.5, 0.6) is 0 Å². The summed E-state index contributed by atoms with van der Waals surface area (Å²) in [4.78, 5) is 37.8. The summed E-state index contributed by atoms with van der Waals surface area (Å²) in [5, 5.41) is 13.7. The van der Waals surface area contributed by atoms with E-state index in [0.717, 1.165) is 31.6 Å². The molecule has 25 heavy (non-hydrogen) atoms. The van der Waals surface area contributed by atoms with Crippen molar-refractivity contribution in [1.82, 2.24) is 5.32 Å². The molecule has 136 valence electrons. The highest BCUT2D eigenvalue weighted by molar-refractivity contribution is 6.40. The van der Waals surface area contributed by atoms with E-state index < -0.39 is 17.8 Å². The van der Waals surface area contributed by atoms with Gasteiger partial charge in [0.2, 0.25) is 0 Å². The summed E-state index contributed by atoms with van der Waals surface area (Å²) in [6.07, 6.45) is 2.47. The lowest BCUT2D eigenvalue weighted by Gasteiger charge is -2.22. The molecule has 0 radical (unpaired) electrons. The van der Waals surface area contributed by atoms with Crippen LogP contribution in [0.4, 0.5) is 11.4 Å². The van der Waals surface area contributed by atoms with E-state index in [1.165, 1.54) is 13.2 Å². The normalized spacial score (nSPS) is 13.4. The van der Waals surface area contributed by atoms with E-state index in [1.807, 2.05) is 0 Å². The topological polar surface area (TPSA) is 108 Å². The Bertz CT molecular complexity index is 641. The minimum atomic E-state index is -0.819. The Morgan fingerprint density at radius 1 is 1.20 bits per heavy atom. The lowest BCUT2D eigenvalue weighted by atomic mass is 10.1. The van der Waals surface area contributed by atoms with Crippen molar-refractivity contribution < 1.29 is 24.2 Å². The van der Waals surface area contributed by atoms with Gasteiger partial charge in [0.15, 0.2) is 0 Å². The molecule has 0 unspecified atom stereocenters. The molecule has 1 heterocycles. The van der Waals surface area contributed by atoms with E-state index in [9.17, 15) is 14.4 Å². The fourth-order valence-electron chi connectivity index (χ4n) is 2.66. The van der Waals surface area contributed by atoms with Gasteiger partial charge in [0, 0.05) is 26.2 Å². The average molecular weight is 349 g/mol. The van der Waals surface area contributed by atoms with E-state index in [2.05, 4.69) is 15.5 Å². The van der Waals surface area contributed by atoms with Gasteiger partial charge in [-0.1, -0.05) is 0 Å². The molecule has 0 atom stereocenters. The van der Waals surface area contributed by atoms with Gasteiger partial charge in [0.1, 0.15) is 0 Å². The number of carbonyl (C=O) groups excluding carboxylic acids is 3. The smallest absolute Gasteiger partial charge is 0.337 e. The summed E-state index contributed by atoms with van der Waals surface area (Å²) in [5.74, 6) is -2.12. The highest BCUT2D eigenvalue weighted by atomic mass is 16.5. The second kappa shape index (κ2) is 9.03. The van der Waals surface area contributed by atoms with Gasteiger partial charge in [-0.3, -0.25) is 9.59 Å². The highest BCUT2D eigenvalue weighted by Crippen LogP contribution is 2.30. The molecule has 0 aromatic heterocycles. The third-order valence-electron chi connectivity index (χ3n) is 3.94. The van der Waals surface area contributed by atoms with E-state index in [0.29, 0.717) is 17.7 Å². The zero-order chi connectivity index (χ0) is 18.2. The molecule has 0 spiro atoms. The predicted molar refractivity (Wildman–Crippen MR) is 92.6 cm³/mol. The number of aliphatic hydroxyl groups excluding tert-OH is 1. The zero-order valence-corrected chi connectivity index (χ0v) is 14.2. The van der Waals surface area contributed by atoms with Crippen molar-refractivity contribution in [3.8, 4) is 0 Å². The molecule has 2 rings (SSSR count). The second-order valence-corrected chi connectivity index (χ2v) is 5.70. The first-order valence-electron chi connectivity index (χ1n) is 8.24. The SMILES string of the molecule is COC(=O)c1ccc(N2CCCC2)c(NC(=O)C(=O)NCCCO)c1. The lowest BCUT2D eigenvalue weighted by Crippen LogP contribution is -2.36. The largest absolute Gasteiger partial charge is 0.465 e. The standard InChI is InChI=1S/C17H23N3O5/c1-25-17(24)12-5-6-14(20-8-2-3-9-20)13(11-12)19-16(23)15(22)18-7-4-10-21/h5-6,11,21H,2-4,7-10H2,1H3,(H,18,22)(H,19,23). The minimum Gasteiger partial charge on any atom is -0.465 e. The van der Waals surface area contributed by atoms with Crippen molar-refractivity contribution in [2.45, 2.75) is 19.3 Å². The van der Waals surface area contributed by atoms with Gasteiger partial charge < -0.3 is 25.4 Å². The number of methoxy groups -OCH3 is 1. The quantitative estimate of drug-likeness (QED) is 0.392. The number of hydrogen-bond acceptors (Lipinski definition) is 6. The Kier molecular flexibility index (Phi) is 6.76. The summed E-state index contributed by atoms with van der Waals surface area (Å²) in [6.45, 7) is 1.85. The number of amides is 2. The van der Waals surface area contributed by atoms with Crippen LogP contribution in [-0.2, 0) is 14.3 Å². The molecule has 8 nitrogen and oxygen atoms in total. The van der Waals surface area contributed by atoms with Gasteiger partial charge >= 0.3 is 17.8 Å². The maximum atomic E-state index is 12.1. The Labute approximate surface area is 146 Å². The summed E-state index contributed by atoms with van der Waals surface area (Å²) >= 11 is 0. The van der Waals surface area contributed by atoms with Crippen LogP contribution in [0.25, 0.3) is 0 Å². The minimum absolute atomic E-state index is 0.0673. The van der Waals surface area contributed by atoms with Crippen LogP contribution >= 0.6 is 0 Å². The molecule has 2 amide bonds. The van der Waals surface area contributed by atoms with Gasteiger partial charge in [0.25, 0.3) is 0 Å². The number of rotatable bonds is 6. The Hall–Kier alpha value is -2.61. The summed E-state index contributed by atoms with van der Waals surface area (Å²) in [6, 6.07) is 4.89. The van der Waals surface area contributed by atoms with Crippen molar-refractivity contribution in [3.05, 3.63) is 23.8 Å². The van der Waals surface area contributed by atoms with Gasteiger partial charge in [-0.25, -0.2) is 4.79 Å². The number of anilines is 2. The summed E-state index contributed by atoms with van der Waals surface area (Å²) in [5.41, 5.74) is 1.45. The van der Waals surface area contributed by atoms with Crippen LogP contribution in [0, 0.1) is 0 Å². The fourth-order valence-corrected chi connectivity index (χ4v) is 2.66. The Morgan fingerprint density at radius 3 is 2.56 bits per heavy atom. The van der Waals surface area contributed by atoms with Gasteiger partial charge in [0.05, 0.1) is 24.0 Å². The third-order valence-corrected chi connectivity index (χ3v) is 3.94. The molecule has 1 fully saturated rings. The molecule has 1 aliphatic rings. The molecule has 0 bridgehead atoms. The number of nitrogens with zero attached hydrogens (tertiary/aromatic N) is 1. The second-order valence-electron chi connectivity index (χ2n) is 5.70. The fraction of sp³-hybridized carbons (Fsp3) is 0.471. The van der Waals surface area contributed by atoms with Crippen molar-refractivity contribution in [2.75, 3.05) is 43.6 Å². The number of esters is 1. The van der Waals surface area contributed by atoms with Crippen LogP contribution in [0.15, 0.2) is 18.2 Å². The molecular formula is C17H23N3O5. The van der Waals surface area contributed by atoms with Crippen LogP contribution in [0.1, 0.15) is 29.6 Å². The average Bonchev–Trinajstić information content (AvgIpc) is 3.15. The molecule has 0 aliphatic carbocycles. The van der Waals surface area contributed by atoms with Gasteiger partial charge in [-0.15, -0.1) is 0 Å². The number of carbonyl (C=O) groups is 3. The van der Waals surface area contributed by atoms with Crippen LogP contribution < -0.4 is 15.5 Å². The van der Waals surface area contributed by atoms with Crippen LogP contribution in [0.2, 0.25) is 0 Å². The van der Waals surface area contributed by atoms with Crippen molar-refractivity contribution in [3.63, 3.8) is 0 Å². The monoisotopic (exact) mass is 349 g/mol. The number of ether oxygens (including phenoxy) is 1. The van der Waals surface area contributed by atoms with E-state index >= 15 is 0 Å². The number of hydrogen-bond donors (Lipinski definition) is 3. The van der Waals surface area contributed by atoms with Gasteiger partial charge in [-0.2, -0.15) is 0 Å². The molecule has 0 saturated carbocycles. The van der Waals surface area contributed by atoms with Crippen molar-refractivity contribution >= 4 is 29.2 Å². The van der Waals surface area contributed by atoms with Crippen LogP contribution in [-0.4, -0.2) is 56.2 Å². The lowest BCUT2D eigenvalue weighted by molar-refractivity contribution is -0.136. The molecule has 8 heteroatoms. The van der Waals surface area contributed by atoms with E-state index in [4.69, 9.17) is 9.84 Å². The maximum absolute atomic E-state index is 12.1. The van der Waals surface area contributed by atoms with Gasteiger partial charge in [-0.05, 0) is 37.5 Å². The molecule has 1 aliphatic heterocycles. The first-order valence-corrected chi connectivity index (χ1v) is 8.24. The predicted octanol–water partition coefficient (Wildman–Crippen LogP) is 0.511. The zero-order valence-electron chi connectivity index (χ0n) is 14.2. The van der Waals surface area contributed by atoms with Crippen molar-refractivity contribution in [1.29, 1.82) is 0 Å². The first-order chi connectivity index (χ1) is 12.1. The van der Waals surface area contributed by atoms with Crippen LogP contribution in [0.3, 0.4) is 0 Å². The molecule has 1 aromatic carbocycles. The Balaban J connectivity index is 2.18. The third kappa shape index (κ3) is 4.93. The maximum Gasteiger partial charge on any atom is 0.337 e. The van der Waals surface area contributed by atoms with Crippen molar-refractivity contribution in [2.24, 2.45) is 0 Å². The molecule has 1 saturated heterocycles. The summed E-state index contributed by atoms with van der Waals surface area (Å²) in [7, 11) is 1.28. The number of aliphatic hydroxyl groups is 1. The summed E-state index contributed by atoms with van der Waals surface area (Å²) < 4.78 is 4.71. The molecule has 3 N–H and O–H groups in total. The number of nitrogens with one attached hydrogen (secondary N) is 2. The highest BCUT2D eigenvalue weighted by Gasteiger charge is 2.21. The first kappa shape index (κ1) is 18.7. The van der Waals surface area contributed by atoms with E-state index in [1.54, 1.807) is 12.1 Å². The molecule has 1 aromatic rings. The van der Waals surface area contributed by atoms with E-state index in [-0.39, 0.29) is 13.2 Å². The Morgan fingerprint density at radius 2 is 1.92 bits per heavy atom. The molecular weight excluding hydrogens is 326 g/mol.